The SMILES string of the molecule is CC1(C)C=[NH+]c2ccc3cc(S(=O)(=O)[O-])ccc3c21. The molecule has 19 heavy (non-hydrogen) atoms. The number of hydrogen-bond donors (Lipinski definition) is 1. The van der Waals surface area contributed by atoms with Gasteiger partial charge in [-0.2, -0.15) is 0 Å². The Kier molecular flexibility index (Phi) is 2.37. The molecule has 0 unspecified atom stereocenters. The van der Waals surface area contributed by atoms with Crippen molar-refractivity contribution in [1.82, 2.24) is 0 Å². The molecule has 0 aromatic heterocycles. The molecule has 0 atom stereocenters. The third-order valence-electron chi connectivity index (χ3n) is 3.51. The van der Waals surface area contributed by atoms with Gasteiger partial charge in [0.25, 0.3) is 0 Å². The summed E-state index contributed by atoms with van der Waals surface area (Å²) in [4.78, 5) is 3.04. The van der Waals surface area contributed by atoms with E-state index in [0.29, 0.717) is 0 Å². The summed E-state index contributed by atoms with van der Waals surface area (Å²) < 4.78 is 33.2. The summed E-state index contributed by atoms with van der Waals surface area (Å²) in [6, 6.07) is 8.25. The fourth-order valence-corrected chi connectivity index (χ4v) is 3.11. The summed E-state index contributed by atoms with van der Waals surface area (Å²) in [5.41, 5.74) is 2.02. The molecule has 5 heteroatoms. The lowest BCUT2D eigenvalue weighted by atomic mass is 9.84. The molecule has 1 aliphatic rings. The zero-order chi connectivity index (χ0) is 13.8. The lowest BCUT2D eigenvalue weighted by Crippen LogP contribution is -2.60. The van der Waals surface area contributed by atoms with Gasteiger partial charge >= 0.3 is 0 Å². The molecule has 0 fully saturated rings. The maximum atomic E-state index is 11.1. The molecule has 0 spiro atoms. The van der Waals surface area contributed by atoms with Crippen molar-refractivity contribution in [2.24, 2.45) is 0 Å². The molecule has 0 radical (unpaired) electrons. The predicted molar refractivity (Wildman–Crippen MR) is 71.6 cm³/mol. The Hall–Kier alpha value is -1.72. The van der Waals surface area contributed by atoms with E-state index >= 15 is 0 Å². The minimum atomic E-state index is -4.41. The topological polar surface area (TPSA) is 71.2 Å². The lowest BCUT2D eigenvalue weighted by molar-refractivity contribution is -0.344. The number of hydrogen-bond acceptors (Lipinski definition) is 3. The molecule has 0 saturated carbocycles. The number of fused-ring (bicyclic) bond motifs is 3. The van der Waals surface area contributed by atoms with E-state index in [1.165, 1.54) is 12.1 Å². The first-order chi connectivity index (χ1) is 8.79. The van der Waals surface area contributed by atoms with Crippen LogP contribution in [0.2, 0.25) is 0 Å². The largest absolute Gasteiger partial charge is 0.744 e. The number of nitrogens with one attached hydrogen (secondary N) is 1. The Morgan fingerprint density at radius 1 is 1.16 bits per heavy atom. The lowest BCUT2D eigenvalue weighted by Gasteiger charge is -2.15. The number of rotatable bonds is 1. The quantitative estimate of drug-likeness (QED) is 0.783. The third-order valence-corrected chi connectivity index (χ3v) is 4.34. The zero-order valence-electron chi connectivity index (χ0n) is 10.6. The zero-order valence-corrected chi connectivity index (χ0v) is 11.4. The van der Waals surface area contributed by atoms with Gasteiger partial charge in [-0.05, 0) is 42.8 Å². The van der Waals surface area contributed by atoms with Crippen molar-refractivity contribution in [3.8, 4) is 0 Å². The highest BCUT2D eigenvalue weighted by molar-refractivity contribution is 7.85. The second-order valence-electron chi connectivity index (χ2n) is 5.34. The van der Waals surface area contributed by atoms with Crippen molar-refractivity contribution in [3.05, 3.63) is 35.9 Å². The van der Waals surface area contributed by atoms with Crippen LogP contribution in [0.1, 0.15) is 19.4 Å². The minimum absolute atomic E-state index is 0.132. The molecule has 1 heterocycles. The average Bonchev–Trinajstić information content (AvgIpc) is 2.64. The van der Waals surface area contributed by atoms with E-state index in [1.54, 1.807) is 6.07 Å². The van der Waals surface area contributed by atoms with Crippen LogP contribution in [-0.4, -0.2) is 19.2 Å². The van der Waals surface area contributed by atoms with Crippen molar-refractivity contribution >= 4 is 32.8 Å². The van der Waals surface area contributed by atoms with Crippen LogP contribution in [0, 0.1) is 0 Å². The van der Waals surface area contributed by atoms with Crippen LogP contribution < -0.4 is 4.99 Å². The van der Waals surface area contributed by atoms with E-state index in [0.717, 1.165) is 22.0 Å². The van der Waals surface area contributed by atoms with Crippen LogP contribution in [0.4, 0.5) is 5.69 Å². The van der Waals surface area contributed by atoms with E-state index in [2.05, 4.69) is 18.8 Å². The standard InChI is InChI=1S/C14H13NO3S/c1-14(2)8-15-12-6-3-9-7-10(19(16,17)18)4-5-11(9)13(12)14/h3-8H,1-2H3,(H,16,17,18). The summed E-state index contributed by atoms with van der Waals surface area (Å²) in [6.07, 6.45) is 2.01. The van der Waals surface area contributed by atoms with Gasteiger partial charge in [-0.3, -0.25) is 0 Å². The minimum Gasteiger partial charge on any atom is -0.744 e. The summed E-state index contributed by atoms with van der Waals surface area (Å²) in [5, 5.41) is 1.73. The van der Waals surface area contributed by atoms with Gasteiger partial charge in [0.1, 0.15) is 10.1 Å². The van der Waals surface area contributed by atoms with Gasteiger partial charge in [-0.15, -0.1) is 0 Å². The van der Waals surface area contributed by atoms with Crippen LogP contribution in [-0.2, 0) is 15.5 Å². The second-order valence-corrected chi connectivity index (χ2v) is 6.72. The smallest absolute Gasteiger partial charge is 0.208 e. The average molecular weight is 275 g/mol. The Morgan fingerprint density at radius 3 is 2.58 bits per heavy atom. The molecule has 3 rings (SSSR count). The summed E-state index contributed by atoms with van der Waals surface area (Å²) in [7, 11) is -4.41. The van der Waals surface area contributed by atoms with E-state index in [1.807, 2.05) is 18.3 Å². The maximum absolute atomic E-state index is 11.1. The molecule has 4 nitrogen and oxygen atoms in total. The Balaban J connectivity index is 2.35. The first kappa shape index (κ1) is 12.3. The molecule has 1 N–H and O–H groups in total. The van der Waals surface area contributed by atoms with Crippen molar-refractivity contribution in [3.63, 3.8) is 0 Å². The van der Waals surface area contributed by atoms with Gasteiger partial charge in [0.15, 0.2) is 6.21 Å². The van der Waals surface area contributed by atoms with Crippen molar-refractivity contribution < 1.29 is 18.0 Å². The summed E-state index contributed by atoms with van der Waals surface area (Å²) in [6.45, 7) is 4.17. The van der Waals surface area contributed by atoms with E-state index in [-0.39, 0.29) is 10.3 Å². The first-order valence-electron chi connectivity index (χ1n) is 5.93. The van der Waals surface area contributed by atoms with Crippen LogP contribution in [0.5, 0.6) is 0 Å². The van der Waals surface area contributed by atoms with Gasteiger partial charge < -0.3 is 4.55 Å². The van der Waals surface area contributed by atoms with Crippen molar-refractivity contribution in [2.45, 2.75) is 24.2 Å². The van der Waals surface area contributed by atoms with Gasteiger partial charge in [-0.1, -0.05) is 6.07 Å². The highest BCUT2D eigenvalue weighted by Crippen LogP contribution is 2.35. The Morgan fingerprint density at radius 2 is 1.89 bits per heavy atom. The van der Waals surface area contributed by atoms with Gasteiger partial charge in [-0.25, -0.2) is 13.4 Å². The van der Waals surface area contributed by atoms with Crippen molar-refractivity contribution in [1.29, 1.82) is 0 Å². The summed E-state index contributed by atoms with van der Waals surface area (Å²) >= 11 is 0. The molecule has 2 aromatic rings. The molecule has 0 amide bonds. The molecule has 2 aromatic carbocycles. The highest BCUT2D eigenvalue weighted by Gasteiger charge is 2.34. The van der Waals surface area contributed by atoms with E-state index < -0.39 is 10.1 Å². The van der Waals surface area contributed by atoms with E-state index in [4.69, 9.17) is 0 Å². The van der Waals surface area contributed by atoms with E-state index in [9.17, 15) is 13.0 Å². The van der Waals surface area contributed by atoms with Crippen molar-refractivity contribution in [2.75, 3.05) is 0 Å². The molecule has 1 aliphatic heterocycles. The normalized spacial score (nSPS) is 16.8. The Labute approximate surface area is 111 Å². The maximum Gasteiger partial charge on any atom is 0.208 e. The van der Waals surface area contributed by atoms with Crippen LogP contribution >= 0.6 is 0 Å². The monoisotopic (exact) mass is 275 g/mol. The Bertz CT molecular complexity index is 820. The van der Waals surface area contributed by atoms with Crippen LogP contribution in [0.15, 0.2) is 35.2 Å². The third kappa shape index (κ3) is 1.86. The molecular formula is C14H13NO3S. The molecule has 98 valence electrons. The second kappa shape index (κ2) is 3.65. The summed E-state index contributed by atoms with van der Waals surface area (Å²) in [5.74, 6) is 0. The molecule has 0 saturated heterocycles. The fraction of sp³-hybridized carbons (Fsp3) is 0.214. The number of benzene rings is 2. The molecular weight excluding hydrogens is 262 g/mol. The molecule has 0 bridgehead atoms. The molecule has 0 aliphatic carbocycles. The van der Waals surface area contributed by atoms with Crippen LogP contribution in [0.3, 0.4) is 0 Å². The van der Waals surface area contributed by atoms with Crippen LogP contribution in [0.25, 0.3) is 10.8 Å². The predicted octanol–water partition coefficient (Wildman–Crippen LogP) is 0.818. The first-order valence-corrected chi connectivity index (χ1v) is 7.34. The van der Waals surface area contributed by atoms with Gasteiger partial charge in [0, 0.05) is 11.6 Å². The highest BCUT2D eigenvalue weighted by atomic mass is 32.2. The van der Waals surface area contributed by atoms with Gasteiger partial charge in [0.2, 0.25) is 5.69 Å². The fourth-order valence-electron chi connectivity index (χ4n) is 2.61. The van der Waals surface area contributed by atoms with Gasteiger partial charge in [0.05, 0.1) is 10.3 Å².